The Hall–Kier alpha value is -4.35. The van der Waals surface area contributed by atoms with Gasteiger partial charge in [-0.1, -0.05) is 29.8 Å². The molecule has 0 aliphatic carbocycles. The fourth-order valence-electron chi connectivity index (χ4n) is 3.73. The zero-order chi connectivity index (χ0) is 28.2. The maximum Gasteiger partial charge on any atom is 0.264 e. The lowest BCUT2D eigenvalue weighted by Crippen LogP contribution is -2.29. The SMILES string of the molecule is COc1ccc(NS(=O)(=O)c2ccc(NC(=O)c3ccccc3N(C)S(=O)(=O)c3ccc(C)cc3)cc2)cc1. The molecule has 0 unspecified atom stereocenters. The van der Waals surface area contributed by atoms with Gasteiger partial charge in [-0.3, -0.25) is 13.8 Å². The third-order valence-corrected chi connectivity index (χ3v) is 9.11. The van der Waals surface area contributed by atoms with Crippen molar-refractivity contribution in [1.29, 1.82) is 0 Å². The number of rotatable bonds is 9. The first kappa shape index (κ1) is 27.7. The Labute approximate surface area is 228 Å². The number of nitrogens with zero attached hydrogens (tertiary/aromatic N) is 1. The second kappa shape index (κ2) is 11.2. The number of aryl methyl sites for hydroxylation is 1. The maximum absolute atomic E-state index is 13.2. The Kier molecular flexibility index (Phi) is 7.93. The van der Waals surface area contributed by atoms with Gasteiger partial charge in [-0.25, -0.2) is 16.8 Å². The Bertz CT molecular complexity index is 1690. The van der Waals surface area contributed by atoms with Crippen molar-refractivity contribution < 1.29 is 26.4 Å². The normalized spacial score (nSPS) is 11.5. The quantitative estimate of drug-likeness (QED) is 0.298. The van der Waals surface area contributed by atoms with Crippen molar-refractivity contribution >= 4 is 43.0 Å². The fraction of sp³-hybridized carbons (Fsp3) is 0.107. The largest absolute Gasteiger partial charge is 0.497 e. The zero-order valence-electron chi connectivity index (χ0n) is 21.5. The van der Waals surface area contributed by atoms with Crippen molar-refractivity contribution in [2.75, 3.05) is 28.5 Å². The molecule has 0 spiro atoms. The minimum Gasteiger partial charge on any atom is -0.497 e. The molecular formula is C28H27N3O6S2. The summed E-state index contributed by atoms with van der Waals surface area (Å²) in [6.45, 7) is 1.86. The van der Waals surface area contributed by atoms with E-state index in [9.17, 15) is 21.6 Å². The zero-order valence-corrected chi connectivity index (χ0v) is 23.1. The van der Waals surface area contributed by atoms with Gasteiger partial charge in [0.1, 0.15) is 5.75 Å². The number of hydrogen-bond acceptors (Lipinski definition) is 6. The average molecular weight is 566 g/mol. The molecule has 4 rings (SSSR count). The summed E-state index contributed by atoms with van der Waals surface area (Å²) < 4.78 is 60.6. The lowest BCUT2D eigenvalue weighted by molar-refractivity contribution is 0.102. The molecule has 0 aliphatic rings. The van der Waals surface area contributed by atoms with Crippen LogP contribution in [0.25, 0.3) is 0 Å². The summed E-state index contributed by atoms with van der Waals surface area (Å²) in [5.74, 6) is 0.0436. The highest BCUT2D eigenvalue weighted by Crippen LogP contribution is 2.27. The van der Waals surface area contributed by atoms with Gasteiger partial charge in [-0.2, -0.15) is 0 Å². The van der Waals surface area contributed by atoms with E-state index in [-0.39, 0.29) is 21.0 Å². The number of para-hydroxylation sites is 1. The third kappa shape index (κ3) is 6.21. The molecular weight excluding hydrogens is 538 g/mol. The van der Waals surface area contributed by atoms with Crippen LogP contribution in [-0.4, -0.2) is 36.9 Å². The molecule has 0 saturated heterocycles. The topological polar surface area (TPSA) is 122 Å². The van der Waals surface area contributed by atoms with Gasteiger partial charge in [0.2, 0.25) is 0 Å². The van der Waals surface area contributed by atoms with Crippen LogP contribution in [0.2, 0.25) is 0 Å². The second-order valence-corrected chi connectivity index (χ2v) is 12.3. The predicted octanol–water partition coefficient (Wildman–Crippen LogP) is 4.88. The van der Waals surface area contributed by atoms with Crippen molar-refractivity contribution in [3.63, 3.8) is 0 Å². The molecule has 2 N–H and O–H groups in total. The van der Waals surface area contributed by atoms with Gasteiger partial charge in [-0.05, 0) is 79.7 Å². The van der Waals surface area contributed by atoms with Crippen molar-refractivity contribution in [3.05, 3.63) is 108 Å². The monoisotopic (exact) mass is 565 g/mol. The Morgan fingerprint density at radius 1 is 0.744 bits per heavy atom. The minimum absolute atomic E-state index is 0.000594. The number of benzene rings is 4. The summed E-state index contributed by atoms with van der Waals surface area (Å²) in [6.07, 6.45) is 0. The number of carbonyl (C=O) groups excluding carboxylic acids is 1. The first-order valence-electron chi connectivity index (χ1n) is 11.7. The molecule has 4 aromatic carbocycles. The molecule has 9 nitrogen and oxygen atoms in total. The van der Waals surface area contributed by atoms with Gasteiger partial charge >= 0.3 is 0 Å². The van der Waals surface area contributed by atoms with Gasteiger partial charge in [0.05, 0.1) is 28.2 Å². The molecule has 0 saturated carbocycles. The molecule has 1 amide bonds. The maximum atomic E-state index is 13.2. The van der Waals surface area contributed by atoms with E-state index in [1.54, 1.807) is 54.6 Å². The van der Waals surface area contributed by atoms with Crippen LogP contribution in [0.1, 0.15) is 15.9 Å². The van der Waals surface area contributed by atoms with Crippen LogP contribution < -0.4 is 19.1 Å². The van der Waals surface area contributed by atoms with E-state index < -0.39 is 26.0 Å². The molecule has 39 heavy (non-hydrogen) atoms. The third-order valence-electron chi connectivity index (χ3n) is 5.93. The number of hydrogen-bond donors (Lipinski definition) is 2. The van der Waals surface area contributed by atoms with Crippen LogP contribution in [0, 0.1) is 6.92 Å². The molecule has 0 bridgehead atoms. The first-order valence-corrected chi connectivity index (χ1v) is 14.7. The van der Waals surface area contributed by atoms with E-state index in [1.807, 2.05) is 6.92 Å². The minimum atomic E-state index is -3.92. The molecule has 0 aromatic heterocycles. The van der Waals surface area contributed by atoms with E-state index in [1.165, 1.54) is 56.6 Å². The van der Waals surface area contributed by atoms with E-state index in [4.69, 9.17) is 4.74 Å². The highest BCUT2D eigenvalue weighted by Gasteiger charge is 2.25. The van der Waals surface area contributed by atoms with Crippen molar-refractivity contribution in [2.45, 2.75) is 16.7 Å². The van der Waals surface area contributed by atoms with Crippen molar-refractivity contribution in [1.82, 2.24) is 0 Å². The van der Waals surface area contributed by atoms with Crippen LogP contribution in [0.15, 0.2) is 107 Å². The summed E-state index contributed by atoms with van der Waals surface area (Å²) in [4.78, 5) is 13.3. The van der Waals surface area contributed by atoms with Crippen LogP contribution in [0.4, 0.5) is 17.1 Å². The Balaban J connectivity index is 1.51. The molecule has 0 radical (unpaired) electrons. The Morgan fingerprint density at radius 3 is 1.92 bits per heavy atom. The van der Waals surface area contributed by atoms with Crippen LogP contribution in [0.3, 0.4) is 0 Å². The van der Waals surface area contributed by atoms with Gasteiger partial charge in [0.25, 0.3) is 26.0 Å². The highest BCUT2D eigenvalue weighted by molar-refractivity contribution is 7.93. The van der Waals surface area contributed by atoms with E-state index >= 15 is 0 Å². The van der Waals surface area contributed by atoms with Crippen LogP contribution in [0.5, 0.6) is 5.75 Å². The van der Waals surface area contributed by atoms with Crippen LogP contribution in [-0.2, 0) is 20.0 Å². The Morgan fingerprint density at radius 2 is 1.31 bits per heavy atom. The first-order chi connectivity index (χ1) is 18.5. The van der Waals surface area contributed by atoms with Gasteiger partial charge in [0.15, 0.2) is 0 Å². The van der Waals surface area contributed by atoms with Crippen molar-refractivity contribution in [3.8, 4) is 5.75 Å². The van der Waals surface area contributed by atoms with E-state index in [0.29, 0.717) is 17.1 Å². The molecule has 0 fully saturated rings. The lowest BCUT2D eigenvalue weighted by Gasteiger charge is -2.22. The fourth-order valence-corrected chi connectivity index (χ4v) is 6.00. The summed E-state index contributed by atoms with van der Waals surface area (Å²) in [6, 6.07) is 24.8. The van der Waals surface area contributed by atoms with Crippen LogP contribution >= 0.6 is 0 Å². The smallest absolute Gasteiger partial charge is 0.264 e. The number of methoxy groups -OCH3 is 1. The van der Waals surface area contributed by atoms with Gasteiger partial charge in [0, 0.05) is 18.4 Å². The number of ether oxygens (including phenoxy) is 1. The van der Waals surface area contributed by atoms with Crippen molar-refractivity contribution in [2.24, 2.45) is 0 Å². The number of carbonyl (C=O) groups is 1. The average Bonchev–Trinajstić information content (AvgIpc) is 2.93. The van der Waals surface area contributed by atoms with Gasteiger partial charge < -0.3 is 10.1 Å². The standard InChI is InChI=1S/C28H27N3O6S2/c1-20-8-16-25(17-9-20)39(35,36)31(2)27-7-5-4-6-26(27)28(32)29-21-12-18-24(19-13-21)38(33,34)30-22-10-14-23(37-3)15-11-22/h4-19,30H,1-3H3,(H,29,32). The number of amides is 1. The molecule has 4 aromatic rings. The summed E-state index contributed by atoms with van der Waals surface area (Å²) >= 11 is 0. The highest BCUT2D eigenvalue weighted by atomic mass is 32.2. The predicted molar refractivity (Wildman–Crippen MR) is 151 cm³/mol. The molecule has 0 heterocycles. The summed E-state index contributed by atoms with van der Waals surface area (Å²) in [5.41, 5.74) is 1.95. The second-order valence-electron chi connectivity index (χ2n) is 8.62. The van der Waals surface area contributed by atoms with E-state index in [0.717, 1.165) is 9.87 Å². The lowest BCUT2D eigenvalue weighted by atomic mass is 10.1. The molecule has 0 atom stereocenters. The number of anilines is 3. The van der Waals surface area contributed by atoms with Gasteiger partial charge in [-0.15, -0.1) is 0 Å². The molecule has 0 aliphatic heterocycles. The molecule has 11 heteroatoms. The number of sulfonamides is 2. The summed E-state index contributed by atoms with van der Waals surface area (Å²) in [5, 5.41) is 2.70. The summed E-state index contributed by atoms with van der Waals surface area (Å²) in [7, 11) is -4.88. The molecule has 202 valence electrons. The van der Waals surface area contributed by atoms with E-state index in [2.05, 4.69) is 10.0 Å². The number of nitrogens with one attached hydrogen (secondary N) is 2.